The van der Waals surface area contributed by atoms with E-state index in [9.17, 15) is 19.8 Å². The minimum absolute atomic E-state index is 0. The van der Waals surface area contributed by atoms with Crippen LogP contribution in [0, 0.1) is 0 Å². The zero-order chi connectivity index (χ0) is 37.3. The molecular formula is C40H30N9O5Zn+. The molecule has 5 heterocycles. The van der Waals surface area contributed by atoms with Crippen molar-refractivity contribution >= 4 is 56.1 Å². The molecule has 3 aromatic heterocycles. The van der Waals surface area contributed by atoms with Crippen LogP contribution in [0.4, 0.5) is 0 Å². The van der Waals surface area contributed by atoms with E-state index >= 15 is 0 Å². The molecule has 266 valence electrons. The molecule has 15 heteroatoms. The summed E-state index contributed by atoms with van der Waals surface area (Å²) in [7, 11) is 0. The first-order chi connectivity index (χ1) is 26.0. The smallest absolute Gasteiger partial charge is 0.489 e. The summed E-state index contributed by atoms with van der Waals surface area (Å²) >= 11 is 0. The van der Waals surface area contributed by atoms with Gasteiger partial charge in [-0.25, -0.2) is 4.98 Å². The number of hydrogen-bond acceptors (Lipinski definition) is 9. The van der Waals surface area contributed by atoms with Crippen molar-refractivity contribution in [2.24, 2.45) is 0 Å². The maximum absolute atomic E-state index is 11.5. The second kappa shape index (κ2) is 13.4. The molecule has 2 aliphatic rings. The zero-order valence-corrected chi connectivity index (χ0v) is 32.9. The largest absolute Gasteiger partial charge is 2.00 e. The molecule has 0 spiro atoms. The number of ether oxygens (including phenoxy) is 1. The fraction of sp³-hybridized carbons (Fsp3) is 0.175. The zero-order valence-electron chi connectivity index (χ0n) is 29.9. The van der Waals surface area contributed by atoms with Crippen LogP contribution in [0.3, 0.4) is 0 Å². The number of hydrogen-bond donors (Lipinski definition) is 2. The summed E-state index contributed by atoms with van der Waals surface area (Å²) < 4.78 is 5.91. The minimum Gasteiger partial charge on any atom is -0.489 e. The number of para-hydroxylation sites is 1. The van der Waals surface area contributed by atoms with Crippen molar-refractivity contribution in [3.8, 4) is 45.6 Å². The molecule has 4 aromatic carbocycles. The van der Waals surface area contributed by atoms with Gasteiger partial charge in [-0.15, -0.1) is 0 Å². The van der Waals surface area contributed by atoms with Crippen LogP contribution in [-0.4, -0.2) is 58.4 Å². The molecule has 9 rings (SSSR count). The number of aliphatic carboxylic acids is 2. The summed E-state index contributed by atoms with van der Waals surface area (Å²) in [5, 5.41) is 31.3. The standard InChI is InChI=1S/C40H31N9O5.Zn/c1-40(2,3)20-12-14-25-28(16-20)37-44-35(25)42-33-23-8-4-5-9-24(23)34(41-33)43-36-26-15-13-21(54-22(18-31(50)51)19-32(52)53)17-29(26)39(45-36)48-49-30-11-7-6-10-27(30)38(46-37)47-49;/h4-17,22H,18-19H2,1-3H3,(H3,41,42,43,44,45,46,47,48,50,51,52,53);/q;+2/p-1. The Morgan fingerprint density at radius 2 is 1.20 bits per heavy atom. The van der Waals surface area contributed by atoms with Crippen LogP contribution >= 0.6 is 0 Å². The van der Waals surface area contributed by atoms with Crippen molar-refractivity contribution in [2.75, 3.05) is 0 Å². The summed E-state index contributed by atoms with van der Waals surface area (Å²) in [5.74, 6) is -0.885. The molecule has 8 bridgehead atoms. The van der Waals surface area contributed by atoms with Crippen molar-refractivity contribution in [1.29, 1.82) is 0 Å². The summed E-state index contributed by atoms with van der Waals surface area (Å²) in [5.41, 5.74) is 5.40. The first kappa shape index (κ1) is 35.6. The van der Waals surface area contributed by atoms with E-state index < -0.39 is 30.9 Å². The van der Waals surface area contributed by atoms with E-state index in [-0.39, 0.29) is 36.3 Å². The van der Waals surface area contributed by atoms with E-state index in [1.165, 1.54) is 4.80 Å². The third kappa shape index (κ3) is 6.46. The molecule has 0 saturated carbocycles. The Morgan fingerprint density at radius 3 is 1.84 bits per heavy atom. The number of carbonyl (C=O) groups is 2. The number of benzene rings is 4. The van der Waals surface area contributed by atoms with Gasteiger partial charge in [0, 0.05) is 49.4 Å². The maximum atomic E-state index is 11.5. The summed E-state index contributed by atoms with van der Waals surface area (Å²) in [6.07, 6.45) is -2.10. The van der Waals surface area contributed by atoms with Gasteiger partial charge in [0.2, 0.25) is 0 Å². The monoisotopic (exact) mass is 780 g/mol. The minimum atomic E-state index is -1.18. The fourth-order valence-corrected chi connectivity index (χ4v) is 6.73. The molecule has 2 N–H and O–H groups in total. The van der Waals surface area contributed by atoms with Crippen molar-refractivity contribution < 1.29 is 48.8 Å². The summed E-state index contributed by atoms with van der Waals surface area (Å²) in [4.78, 5) is 54.2. The number of carboxylic acids is 2. The quantitative estimate of drug-likeness (QED) is 0.154. The Hall–Kier alpha value is -6.47. The molecule has 7 aromatic rings. The topological polar surface area (TPSA) is 193 Å². The number of aromatic nitrogens is 9. The van der Waals surface area contributed by atoms with Crippen molar-refractivity contribution in [2.45, 2.75) is 45.1 Å². The van der Waals surface area contributed by atoms with Gasteiger partial charge in [-0.1, -0.05) is 74.4 Å². The normalized spacial score (nSPS) is 12.0. The Morgan fingerprint density at radius 1 is 0.655 bits per heavy atom. The molecule has 0 radical (unpaired) electrons. The van der Waals surface area contributed by atoms with E-state index in [0.717, 1.165) is 33.0 Å². The van der Waals surface area contributed by atoms with Crippen LogP contribution in [0.2, 0.25) is 0 Å². The van der Waals surface area contributed by atoms with Crippen LogP contribution in [0.1, 0.15) is 39.2 Å². The molecule has 55 heavy (non-hydrogen) atoms. The van der Waals surface area contributed by atoms with Gasteiger partial charge >= 0.3 is 31.4 Å². The predicted octanol–water partition coefficient (Wildman–Crippen LogP) is 5.73. The summed E-state index contributed by atoms with van der Waals surface area (Å²) in [6, 6.07) is 26.5. The van der Waals surface area contributed by atoms with Gasteiger partial charge in [-0.05, 0) is 57.5 Å². The molecule has 0 unspecified atom stereocenters. The van der Waals surface area contributed by atoms with E-state index in [1.54, 1.807) is 18.2 Å². The number of rotatable bonds is 6. The average molecular weight is 782 g/mol. The van der Waals surface area contributed by atoms with Gasteiger partial charge in [0.1, 0.15) is 11.9 Å². The Bertz CT molecular complexity index is 2880. The van der Waals surface area contributed by atoms with Gasteiger partial charge in [-0.2, -0.15) is 0 Å². The third-order valence-corrected chi connectivity index (χ3v) is 9.37. The second-order valence-corrected chi connectivity index (χ2v) is 14.1. The van der Waals surface area contributed by atoms with Gasteiger partial charge in [0.15, 0.2) is 5.82 Å². The van der Waals surface area contributed by atoms with Gasteiger partial charge in [-0.3, -0.25) is 9.59 Å². The van der Waals surface area contributed by atoms with E-state index in [2.05, 4.69) is 32.9 Å². The fourth-order valence-electron chi connectivity index (χ4n) is 6.73. The van der Waals surface area contributed by atoms with Crippen LogP contribution in [-0.2, 0) is 34.5 Å². The number of carboxylic acid groups (broad SMARTS) is 2. The maximum Gasteiger partial charge on any atom is 2.00 e. The Kier molecular flexibility index (Phi) is 8.68. The van der Waals surface area contributed by atoms with E-state index in [1.807, 2.05) is 54.6 Å². The molecule has 0 aliphatic carbocycles. The predicted molar refractivity (Wildman–Crippen MR) is 198 cm³/mol. The SMILES string of the molecule is CC(C)(C)c1ccc2c3nc4nc(nc5[n-]c(n[n+]6nc(nc([n-]3)c2c1)-c1ccccc1-6)c1cc(OC(CC(=O)O)CC(=O)O)ccc51)-c1ccccc1-4.[Zn+2]. The van der Waals surface area contributed by atoms with Crippen LogP contribution in [0.15, 0.2) is 84.9 Å². The van der Waals surface area contributed by atoms with Crippen LogP contribution in [0.5, 0.6) is 5.75 Å². The average Bonchev–Trinajstić information content (AvgIpc) is 3.86. The first-order valence-electron chi connectivity index (χ1n) is 17.2. The van der Waals surface area contributed by atoms with Crippen LogP contribution < -0.4 is 19.5 Å². The van der Waals surface area contributed by atoms with Gasteiger partial charge < -0.3 is 39.9 Å². The summed E-state index contributed by atoms with van der Waals surface area (Å²) in [6.45, 7) is 6.46. The molecule has 0 amide bonds. The van der Waals surface area contributed by atoms with Crippen LogP contribution in [0.25, 0.3) is 84.0 Å². The van der Waals surface area contributed by atoms with Crippen molar-refractivity contribution in [3.63, 3.8) is 0 Å². The van der Waals surface area contributed by atoms with Crippen molar-refractivity contribution in [1.82, 2.24) is 40.1 Å². The third-order valence-electron chi connectivity index (χ3n) is 9.37. The molecule has 0 atom stereocenters. The number of nitrogens with zero attached hydrogens (tertiary/aromatic N) is 9. The molecule has 0 saturated heterocycles. The van der Waals surface area contributed by atoms with E-state index in [0.29, 0.717) is 50.9 Å². The van der Waals surface area contributed by atoms with Gasteiger partial charge in [0.05, 0.1) is 35.7 Å². The molecule has 14 nitrogen and oxygen atoms in total. The first-order valence-corrected chi connectivity index (χ1v) is 17.2. The van der Waals surface area contributed by atoms with Crippen molar-refractivity contribution in [3.05, 3.63) is 90.5 Å². The second-order valence-electron chi connectivity index (χ2n) is 14.1. The molecule has 2 aliphatic heterocycles. The Balaban J connectivity index is 0.00000427. The van der Waals surface area contributed by atoms with E-state index in [4.69, 9.17) is 44.8 Å². The molecule has 0 fully saturated rings. The molecular weight excluding hydrogens is 752 g/mol. The van der Waals surface area contributed by atoms with Gasteiger partial charge in [0.25, 0.3) is 5.69 Å². The Labute approximate surface area is 325 Å². The number of fused-ring (bicyclic) bond motifs is 20.